The Morgan fingerprint density at radius 1 is 1.11 bits per heavy atom. The Bertz CT molecular complexity index is 967. The van der Waals surface area contributed by atoms with Gasteiger partial charge in [0.1, 0.15) is 17.1 Å². The van der Waals surface area contributed by atoms with E-state index in [-0.39, 0.29) is 6.04 Å². The highest BCUT2D eigenvalue weighted by Crippen LogP contribution is 2.30. The van der Waals surface area contributed by atoms with E-state index in [0.29, 0.717) is 5.76 Å². The van der Waals surface area contributed by atoms with Crippen LogP contribution in [0, 0.1) is 5.92 Å². The second kappa shape index (κ2) is 7.77. The quantitative estimate of drug-likeness (QED) is 0.265. The molecule has 1 unspecified atom stereocenters. The first kappa shape index (κ1) is 17.5. The molecule has 2 aromatic carbocycles. The van der Waals surface area contributed by atoms with E-state index < -0.39 is 0 Å². The number of ether oxygens (including phenoxy) is 1. The van der Waals surface area contributed by atoms with Gasteiger partial charge in [-0.05, 0) is 79.4 Å². The third kappa shape index (κ3) is 4.44. The SMILES string of the molecule is CC(N=[N+]=[N-])c1cc2ccc(CCc3ccc(OCC4CC4)cc3)cc2o1. The van der Waals surface area contributed by atoms with Crippen molar-refractivity contribution in [3.8, 4) is 5.75 Å². The van der Waals surface area contributed by atoms with Crippen LogP contribution in [0.4, 0.5) is 0 Å². The van der Waals surface area contributed by atoms with Gasteiger partial charge >= 0.3 is 0 Å². The topological polar surface area (TPSA) is 71.1 Å². The average molecular weight is 361 g/mol. The van der Waals surface area contributed by atoms with Crippen molar-refractivity contribution in [2.45, 2.75) is 38.6 Å². The molecule has 1 heterocycles. The molecule has 0 radical (unpaired) electrons. The average Bonchev–Trinajstić information content (AvgIpc) is 3.42. The number of azide groups is 1. The van der Waals surface area contributed by atoms with Crippen LogP contribution in [0.3, 0.4) is 0 Å². The van der Waals surface area contributed by atoms with Crippen LogP contribution in [0.25, 0.3) is 21.4 Å². The number of nitrogens with zero attached hydrogens (tertiary/aromatic N) is 3. The zero-order valence-electron chi connectivity index (χ0n) is 15.5. The highest BCUT2D eigenvalue weighted by molar-refractivity contribution is 5.78. The molecule has 4 rings (SSSR count). The highest BCUT2D eigenvalue weighted by atomic mass is 16.5. The van der Waals surface area contributed by atoms with Crippen molar-refractivity contribution >= 4 is 11.0 Å². The van der Waals surface area contributed by atoms with Crippen LogP contribution >= 0.6 is 0 Å². The minimum atomic E-state index is -0.300. The summed E-state index contributed by atoms with van der Waals surface area (Å²) < 4.78 is 11.7. The molecule has 1 atom stereocenters. The third-order valence-corrected chi connectivity index (χ3v) is 5.05. The van der Waals surface area contributed by atoms with Crippen molar-refractivity contribution in [2.24, 2.45) is 11.0 Å². The van der Waals surface area contributed by atoms with Crippen molar-refractivity contribution in [1.29, 1.82) is 0 Å². The molecule has 3 aromatic rings. The van der Waals surface area contributed by atoms with Crippen LogP contribution in [-0.4, -0.2) is 6.61 Å². The van der Waals surface area contributed by atoms with Crippen molar-refractivity contribution in [3.05, 3.63) is 75.9 Å². The van der Waals surface area contributed by atoms with Crippen LogP contribution < -0.4 is 4.74 Å². The molecule has 0 saturated heterocycles. The Kier molecular flexibility index (Phi) is 5.03. The van der Waals surface area contributed by atoms with Crippen molar-refractivity contribution in [3.63, 3.8) is 0 Å². The smallest absolute Gasteiger partial charge is 0.134 e. The van der Waals surface area contributed by atoms with Gasteiger partial charge in [0, 0.05) is 10.3 Å². The van der Waals surface area contributed by atoms with E-state index in [2.05, 4.69) is 52.5 Å². The Labute approximate surface area is 158 Å². The molecule has 0 spiro atoms. The molecule has 0 aliphatic heterocycles. The number of rotatable bonds is 8. The standard InChI is InChI=1S/C22H23N3O2/c1-15(24-25-23)21-13-19-9-6-17(12-22(19)27-21)3-2-16-7-10-20(11-8-16)26-14-18-4-5-18/h6-13,15,18H,2-5,14H2,1H3. The molecule has 138 valence electrons. The molecule has 5 heteroatoms. The summed E-state index contributed by atoms with van der Waals surface area (Å²) in [7, 11) is 0. The van der Waals surface area contributed by atoms with Gasteiger partial charge < -0.3 is 9.15 Å². The zero-order chi connectivity index (χ0) is 18.6. The fourth-order valence-electron chi connectivity index (χ4n) is 3.13. The number of hydrogen-bond donors (Lipinski definition) is 0. The van der Waals surface area contributed by atoms with E-state index >= 15 is 0 Å². The van der Waals surface area contributed by atoms with Crippen LogP contribution in [0.15, 0.2) is 58.1 Å². The monoisotopic (exact) mass is 361 g/mol. The molecule has 1 saturated carbocycles. The second-order valence-corrected chi connectivity index (χ2v) is 7.30. The van der Waals surface area contributed by atoms with Crippen LogP contribution in [0.5, 0.6) is 5.75 Å². The molecule has 1 fully saturated rings. The Morgan fingerprint density at radius 2 is 1.85 bits per heavy atom. The first-order valence-electron chi connectivity index (χ1n) is 9.49. The minimum absolute atomic E-state index is 0.300. The van der Waals surface area contributed by atoms with E-state index in [4.69, 9.17) is 14.7 Å². The molecule has 0 N–H and O–H groups in total. The lowest BCUT2D eigenvalue weighted by atomic mass is 10.0. The van der Waals surface area contributed by atoms with E-state index in [1.807, 2.05) is 13.0 Å². The zero-order valence-corrected chi connectivity index (χ0v) is 15.5. The van der Waals surface area contributed by atoms with Gasteiger partial charge in [0.2, 0.25) is 0 Å². The maximum absolute atomic E-state index is 8.58. The highest BCUT2D eigenvalue weighted by Gasteiger charge is 2.21. The van der Waals surface area contributed by atoms with Crippen LogP contribution in [-0.2, 0) is 12.8 Å². The summed E-state index contributed by atoms with van der Waals surface area (Å²) in [6, 6.07) is 16.3. The fraction of sp³-hybridized carbons (Fsp3) is 0.364. The second-order valence-electron chi connectivity index (χ2n) is 7.30. The molecular formula is C22H23N3O2. The van der Waals surface area contributed by atoms with Gasteiger partial charge in [0.25, 0.3) is 0 Å². The summed E-state index contributed by atoms with van der Waals surface area (Å²) in [6.45, 7) is 2.68. The summed E-state index contributed by atoms with van der Waals surface area (Å²) in [4.78, 5) is 2.85. The van der Waals surface area contributed by atoms with Crippen molar-refractivity contribution in [1.82, 2.24) is 0 Å². The summed E-state index contributed by atoms with van der Waals surface area (Å²) in [5.74, 6) is 2.43. The maximum Gasteiger partial charge on any atom is 0.134 e. The van der Waals surface area contributed by atoms with E-state index in [1.54, 1.807) is 0 Å². The van der Waals surface area contributed by atoms with Crippen molar-refractivity contribution in [2.75, 3.05) is 6.61 Å². The van der Waals surface area contributed by atoms with Gasteiger partial charge in [-0.3, -0.25) is 0 Å². The molecule has 1 aliphatic carbocycles. The summed E-state index contributed by atoms with van der Waals surface area (Å²) in [5, 5.41) is 4.73. The lowest BCUT2D eigenvalue weighted by molar-refractivity contribution is 0.299. The Hall–Kier alpha value is -2.91. The lowest BCUT2D eigenvalue weighted by Gasteiger charge is -2.07. The van der Waals surface area contributed by atoms with E-state index in [0.717, 1.165) is 42.1 Å². The molecule has 0 amide bonds. The summed E-state index contributed by atoms with van der Waals surface area (Å²) in [6.07, 6.45) is 4.53. The molecule has 1 aromatic heterocycles. The molecule has 27 heavy (non-hydrogen) atoms. The maximum atomic E-state index is 8.58. The number of benzene rings is 2. The first-order valence-corrected chi connectivity index (χ1v) is 9.49. The number of aryl methyl sites for hydroxylation is 2. The largest absolute Gasteiger partial charge is 0.493 e. The molecule has 1 aliphatic rings. The number of furan rings is 1. The van der Waals surface area contributed by atoms with Gasteiger partial charge in [-0.15, -0.1) is 0 Å². The Morgan fingerprint density at radius 3 is 2.59 bits per heavy atom. The first-order chi connectivity index (χ1) is 13.2. The van der Waals surface area contributed by atoms with Crippen LogP contribution in [0.1, 0.15) is 42.7 Å². The third-order valence-electron chi connectivity index (χ3n) is 5.05. The predicted octanol–water partition coefficient (Wildman–Crippen LogP) is 6.38. The van der Waals surface area contributed by atoms with Crippen molar-refractivity contribution < 1.29 is 9.15 Å². The molecule has 0 bridgehead atoms. The Balaban J connectivity index is 1.38. The van der Waals surface area contributed by atoms with Gasteiger partial charge in [-0.1, -0.05) is 29.4 Å². The lowest BCUT2D eigenvalue weighted by Crippen LogP contribution is -1.99. The van der Waals surface area contributed by atoms with Gasteiger partial charge in [-0.2, -0.15) is 0 Å². The van der Waals surface area contributed by atoms with E-state index in [9.17, 15) is 0 Å². The van der Waals surface area contributed by atoms with Crippen LogP contribution in [0.2, 0.25) is 0 Å². The minimum Gasteiger partial charge on any atom is -0.493 e. The van der Waals surface area contributed by atoms with Gasteiger partial charge in [0.05, 0.1) is 12.6 Å². The number of hydrogen-bond acceptors (Lipinski definition) is 3. The van der Waals surface area contributed by atoms with Gasteiger partial charge in [-0.25, -0.2) is 0 Å². The van der Waals surface area contributed by atoms with E-state index in [1.165, 1.54) is 24.0 Å². The molecule has 5 nitrogen and oxygen atoms in total. The predicted molar refractivity (Wildman–Crippen MR) is 106 cm³/mol. The fourth-order valence-corrected chi connectivity index (χ4v) is 3.13. The normalized spacial score (nSPS) is 14.7. The molecular weight excluding hydrogens is 338 g/mol. The number of fused-ring (bicyclic) bond motifs is 1. The van der Waals surface area contributed by atoms with Gasteiger partial charge in [0.15, 0.2) is 0 Å². The summed E-state index contributed by atoms with van der Waals surface area (Å²) in [5.41, 5.74) is 11.9. The summed E-state index contributed by atoms with van der Waals surface area (Å²) >= 11 is 0.